The molecule has 0 atom stereocenters. The molecule has 236 valence electrons. The van der Waals surface area contributed by atoms with E-state index in [0.717, 1.165) is 61.5 Å². The predicted octanol–water partition coefficient (Wildman–Crippen LogP) is 10.4. The van der Waals surface area contributed by atoms with Gasteiger partial charge in [0.15, 0.2) is 0 Å². The van der Waals surface area contributed by atoms with Crippen LogP contribution in [-0.2, 0) is 5.41 Å². The number of fused-ring (bicyclic) bond motifs is 5. The molecule has 0 radical (unpaired) electrons. The van der Waals surface area contributed by atoms with Crippen LogP contribution in [0.4, 0.5) is 0 Å². The van der Waals surface area contributed by atoms with Crippen molar-refractivity contribution in [1.82, 2.24) is 23.7 Å². The molecule has 0 spiro atoms. The Bertz CT molecular complexity index is 2600. The van der Waals surface area contributed by atoms with Crippen LogP contribution in [0.15, 0.2) is 164 Å². The van der Waals surface area contributed by atoms with E-state index in [1.807, 2.05) is 41.2 Å². The van der Waals surface area contributed by atoms with Crippen molar-refractivity contribution in [2.75, 3.05) is 0 Å². The molecule has 0 aliphatic heterocycles. The predicted molar refractivity (Wildman–Crippen MR) is 198 cm³/mol. The van der Waals surface area contributed by atoms with E-state index in [9.17, 15) is 0 Å². The molecule has 9 rings (SSSR count). The molecule has 0 fully saturated rings. The number of ether oxygens (including phenoxy) is 1. The van der Waals surface area contributed by atoms with Gasteiger partial charge in [0.25, 0.3) is 0 Å². The van der Waals surface area contributed by atoms with Gasteiger partial charge < -0.3 is 13.9 Å². The van der Waals surface area contributed by atoms with Crippen LogP contribution in [0.3, 0.4) is 0 Å². The first-order valence-corrected chi connectivity index (χ1v) is 16.5. The summed E-state index contributed by atoms with van der Waals surface area (Å²) in [7, 11) is 0. The maximum atomic E-state index is 6.55. The Morgan fingerprint density at radius 1 is 0.551 bits per heavy atom. The van der Waals surface area contributed by atoms with Gasteiger partial charge in [0.05, 0.1) is 34.1 Å². The van der Waals surface area contributed by atoms with E-state index in [0.29, 0.717) is 0 Å². The standard InChI is InChI=1S/C43H33N5O/c1-43(2,30-12-5-3-6-13-30)31-22-23-45-40(26-31)48-39-28-35(49-34-17-11-16-33(27-34)46-25-24-44-29-46)20-21-37(39)41-42(48)36-18-9-10-19-38(36)47(41)32-14-7-4-8-15-32/h3-29H,1-2H3. The van der Waals surface area contributed by atoms with E-state index >= 15 is 0 Å². The third kappa shape index (κ3) is 4.80. The van der Waals surface area contributed by atoms with Gasteiger partial charge in [-0.15, -0.1) is 0 Å². The SMILES string of the molecule is CC(C)(c1ccccc1)c1ccnc(-n2c3cc(Oc4cccc(-n5ccnc5)c4)ccc3c3c2c2ccccc2n3-c2ccccc2)c1. The Balaban J connectivity index is 1.29. The molecule has 0 N–H and O–H groups in total. The fraction of sp³-hybridized carbons (Fsp3) is 0.0698. The highest BCUT2D eigenvalue weighted by Crippen LogP contribution is 2.42. The molecule has 0 aliphatic rings. The lowest BCUT2D eigenvalue weighted by Crippen LogP contribution is -2.19. The van der Waals surface area contributed by atoms with Crippen LogP contribution in [0.1, 0.15) is 25.0 Å². The third-order valence-electron chi connectivity index (χ3n) is 9.60. The van der Waals surface area contributed by atoms with Gasteiger partial charge in [-0.25, -0.2) is 9.97 Å². The van der Waals surface area contributed by atoms with Gasteiger partial charge in [0.1, 0.15) is 17.3 Å². The maximum absolute atomic E-state index is 6.55. The van der Waals surface area contributed by atoms with Crippen molar-refractivity contribution in [3.05, 3.63) is 176 Å². The summed E-state index contributed by atoms with van der Waals surface area (Å²) in [5.41, 5.74) is 8.71. The van der Waals surface area contributed by atoms with Gasteiger partial charge in [-0.3, -0.25) is 4.57 Å². The van der Waals surface area contributed by atoms with Crippen LogP contribution in [-0.4, -0.2) is 23.7 Å². The Kier molecular flexibility index (Phi) is 6.69. The van der Waals surface area contributed by atoms with E-state index in [1.165, 1.54) is 11.1 Å². The summed E-state index contributed by atoms with van der Waals surface area (Å²) >= 11 is 0. The number of pyridine rings is 1. The molecule has 0 bridgehead atoms. The average Bonchev–Trinajstić information content (AvgIpc) is 3.88. The Morgan fingerprint density at radius 2 is 1.27 bits per heavy atom. The zero-order valence-corrected chi connectivity index (χ0v) is 27.2. The van der Waals surface area contributed by atoms with Crippen molar-refractivity contribution in [3.63, 3.8) is 0 Å². The lowest BCUT2D eigenvalue weighted by molar-refractivity contribution is 0.483. The normalized spacial score (nSPS) is 11.9. The topological polar surface area (TPSA) is 49.8 Å². The number of nitrogens with zero attached hydrogens (tertiary/aromatic N) is 5. The maximum Gasteiger partial charge on any atom is 0.137 e. The number of hydrogen-bond acceptors (Lipinski definition) is 3. The van der Waals surface area contributed by atoms with Crippen molar-refractivity contribution >= 4 is 32.8 Å². The Morgan fingerprint density at radius 3 is 2.08 bits per heavy atom. The minimum absolute atomic E-state index is 0.229. The minimum Gasteiger partial charge on any atom is -0.457 e. The molecule has 0 aliphatic carbocycles. The molecule has 4 heterocycles. The van der Waals surface area contributed by atoms with Crippen LogP contribution >= 0.6 is 0 Å². The number of imidazole rings is 1. The highest BCUT2D eigenvalue weighted by Gasteiger charge is 2.26. The molecule has 4 aromatic heterocycles. The number of aromatic nitrogens is 5. The number of rotatable bonds is 7. The molecule has 6 heteroatoms. The molecule has 49 heavy (non-hydrogen) atoms. The highest BCUT2D eigenvalue weighted by atomic mass is 16.5. The number of benzene rings is 5. The van der Waals surface area contributed by atoms with E-state index in [1.54, 1.807) is 12.5 Å². The quantitative estimate of drug-likeness (QED) is 0.175. The first kappa shape index (κ1) is 28.8. The van der Waals surface area contributed by atoms with Gasteiger partial charge in [-0.2, -0.15) is 0 Å². The van der Waals surface area contributed by atoms with Crippen LogP contribution in [0.2, 0.25) is 0 Å². The lowest BCUT2D eigenvalue weighted by Gasteiger charge is -2.26. The largest absolute Gasteiger partial charge is 0.457 e. The fourth-order valence-corrected chi connectivity index (χ4v) is 7.07. The van der Waals surface area contributed by atoms with Crippen molar-refractivity contribution in [2.45, 2.75) is 19.3 Å². The molecule has 9 aromatic rings. The summed E-state index contributed by atoms with van der Waals surface area (Å²) < 4.78 is 13.2. The van der Waals surface area contributed by atoms with Crippen molar-refractivity contribution < 1.29 is 4.74 Å². The Hall–Kier alpha value is -6.40. The van der Waals surface area contributed by atoms with Crippen molar-refractivity contribution in [3.8, 4) is 28.7 Å². The molecular weight excluding hydrogens is 603 g/mol. The van der Waals surface area contributed by atoms with E-state index in [4.69, 9.17) is 9.72 Å². The van der Waals surface area contributed by atoms with Crippen LogP contribution in [0, 0.1) is 0 Å². The summed E-state index contributed by atoms with van der Waals surface area (Å²) in [5.74, 6) is 2.35. The summed E-state index contributed by atoms with van der Waals surface area (Å²) in [6.45, 7) is 4.55. The molecule has 0 amide bonds. The lowest BCUT2D eigenvalue weighted by atomic mass is 9.78. The minimum atomic E-state index is -0.229. The van der Waals surface area contributed by atoms with Crippen LogP contribution in [0.25, 0.3) is 50.0 Å². The second-order valence-electron chi connectivity index (χ2n) is 12.9. The van der Waals surface area contributed by atoms with Crippen LogP contribution in [0.5, 0.6) is 11.5 Å². The fourth-order valence-electron chi connectivity index (χ4n) is 7.07. The summed E-state index contributed by atoms with van der Waals surface area (Å²) in [5, 5.41) is 2.27. The monoisotopic (exact) mass is 635 g/mol. The van der Waals surface area contributed by atoms with Gasteiger partial charge in [-0.1, -0.05) is 86.6 Å². The van der Waals surface area contributed by atoms with E-state index in [2.05, 4.69) is 143 Å². The smallest absolute Gasteiger partial charge is 0.137 e. The number of hydrogen-bond donors (Lipinski definition) is 0. The van der Waals surface area contributed by atoms with Crippen molar-refractivity contribution in [1.29, 1.82) is 0 Å². The first-order valence-electron chi connectivity index (χ1n) is 16.5. The first-order chi connectivity index (χ1) is 24.1. The third-order valence-corrected chi connectivity index (χ3v) is 9.60. The van der Waals surface area contributed by atoms with Gasteiger partial charge >= 0.3 is 0 Å². The van der Waals surface area contributed by atoms with Crippen molar-refractivity contribution in [2.24, 2.45) is 0 Å². The molecule has 5 aromatic carbocycles. The van der Waals surface area contributed by atoms with Crippen LogP contribution < -0.4 is 4.74 Å². The highest BCUT2D eigenvalue weighted by molar-refractivity contribution is 6.20. The zero-order valence-electron chi connectivity index (χ0n) is 27.2. The second kappa shape index (κ2) is 11.4. The average molecular weight is 636 g/mol. The van der Waals surface area contributed by atoms with Gasteiger partial charge in [0.2, 0.25) is 0 Å². The molecular formula is C43H33N5O. The molecule has 0 unspecified atom stereocenters. The van der Waals surface area contributed by atoms with E-state index in [-0.39, 0.29) is 5.41 Å². The zero-order chi connectivity index (χ0) is 33.0. The van der Waals surface area contributed by atoms with Gasteiger partial charge in [-0.05, 0) is 65.7 Å². The second-order valence-corrected chi connectivity index (χ2v) is 12.9. The summed E-state index contributed by atoms with van der Waals surface area (Å²) in [4.78, 5) is 9.24. The Labute approximate surface area is 284 Å². The summed E-state index contributed by atoms with van der Waals surface area (Å²) in [6.07, 6.45) is 7.42. The molecule has 0 saturated heterocycles. The van der Waals surface area contributed by atoms with E-state index < -0.39 is 0 Å². The summed E-state index contributed by atoms with van der Waals surface area (Å²) in [6, 6.07) is 48.7. The molecule has 6 nitrogen and oxygen atoms in total. The molecule has 0 saturated carbocycles. The number of para-hydroxylation sites is 2. The van der Waals surface area contributed by atoms with Gasteiger partial charge in [0, 0.05) is 52.6 Å².